The molecule has 2 aromatic carbocycles. The molecule has 158 valence electrons. The molecule has 8 nitrogen and oxygen atoms in total. The number of nitrogens with zero attached hydrogens (tertiary/aromatic N) is 4. The monoisotopic (exact) mass is 417 g/mol. The van der Waals surface area contributed by atoms with Crippen molar-refractivity contribution in [2.75, 3.05) is 26.6 Å². The highest BCUT2D eigenvalue weighted by Gasteiger charge is 2.11. The fourth-order valence-electron chi connectivity index (χ4n) is 3.26. The van der Waals surface area contributed by atoms with Crippen LogP contribution in [0.3, 0.4) is 0 Å². The van der Waals surface area contributed by atoms with Gasteiger partial charge in [-0.2, -0.15) is 10.1 Å². The molecule has 4 rings (SSSR count). The predicted molar refractivity (Wildman–Crippen MR) is 119 cm³/mol. The summed E-state index contributed by atoms with van der Waals surface area (Å²) >= 11 is 0. The molecular weight excluding hydrogens is 394 g/mol. The van der Waals surface area contributed by atoms with E-state index in [1.165, 1.54) is 0 Å². The van der Waals surface area contributed by atoms with Gasteiger partial charge in [-0.05, 0) is 48.9 Å². The van der Waals surface area contributed by atoms with Gasteiger partial charge in [0.1, 0.15) is 5.75 Å². The molecule has 1 N–H and O–H groups in total. The number of anilines is 2. The molecule has 0 spiro atoms. The molecule has 2 heterocycles. The molecule has 0 aliphatic carbocycles. The van der Waals surface area contributed by atoms with Crippen LogP contribution in [0.15, 0.2) is 60.9 Å². The van der Waals surface area contributed by atoms with E-state index in [2.05, 4.69) is 20.4 Å². The van der Waals surface area contributed by atoms with Crippen molar-refractivity contribution < 1.29 is 14.2 Å². The van der Waals surface area contributed by atoms with E-state index in [4.69, 9.17) is 14.2 Å². The lowest BCUT2D eigenvalue weighted by atomic mass is 10.1. The zero-order chi connectivity index (χ0) is 21.8. The third kappa shape index (κ3) is 4.28. The van der Waals surface area contributed by atoms with Gasteiger partial charge in [0.15, 0.2) is 17.3 Å². The highest BCUT2D eigenvalue weighted by Crippen LogP contribution is 2.34. The summed E-state index contributed by atoms with van der Waals surface area (Å²) in [5.74, 6) is 3.24. The van der Waals surface area contributed by atoms with Crippen molar-refractivity contribution in [2.24, 2.45) is 0 Å². The van der Waals surface area contributed by atoms with Crippen molar-refractivity contribution >= 4 is 11.6 Å². The summed E-state index contributed by atoms with van der Waals surface area (Å²) in [5.41, 5.74) is 3.57. The molecule has 0 fully saturated rings. The Hall–Kier alpha value is -4.07. The second kappa shape index (κ2) is 8.74. The Kier molecular flexibility index (Phi) is 5.70. The SMILES string of the molecule is COc1ccc(-c2ccn(-c3ccnc(Nc4cc(C)c(OC)c(OC)c4)n3)n2)cc1. The van der Waals surface area contributed by atoms with Gasteiger partial charge >= 0.3 is 0 Å². The maximum Gasteiger partial charge on any atom is 0.229 e. The predicted octanol–water partition coefficient (Wildman–Crippen LogP) is 4.41. The van der Waals surface area contributed by atoms with Crippen LogP contribution < -0.4 is 19.5 Å². The minimum Gasteiger partial charge on any atom is -0.497 e. The Morgan fingerprint density at radius 1 is 0.903 bits per heavy atom. The van der Waals surface area contributed by atoms with Crippen molar-refractivity contribution in [2.45, 2.75) is 6.92 Å². The topological polar surface area (TPSA) is 83.3 Å². The molecule has 0 saturated heterocycles. The van der Waals surface area contributed by atoms with E-state index in [9.17, 15) is 0 Å². The Morgan fingerprint density at radius 2 is 1.71 bits per heavy atom. The van der Waals surface area contributed by atoms with Gasteiger partial charge < -0.3 is 19.5 Å². The van der Waals surface area contributed by atoms with Gasteiger partial charge in [0.2, 0.25) is 5.95 Å². The number of aromatic nitrogens is 4. The Morgan fingerprint density at radius 3 is 2.42 bits per heavy atom. The van der Waals surface area contributed by atoms with Gasteiger partial charge in [0.25, 0.3) is 0 Å². The molecule has 2 aromatic heterocycles. The van der Waals surface area contributed by atoms with E-state index in [-0.39, 0.29) is 0 Å². The van der Waals surface area contributed by atoms with Crippen molar-refractivity contribution in [3.63, 3.8) is 0 Å². The van der Waals surface area contributed by atoms with Crippen LogP contribution in [0.1, 0.15) is 5.56 Å². The van der Waals surface area contributed by atoms with Crippen LogP contribution in [0.4, 0.5) is 11.6 Å². The number of aryl methyl sites for hydroxylation is 1. The first-order chi connectivity index (χ1) is 15.1. The number of rotatable bonds is 7. The number of nitrogens with one attached hydrogen (secondary N) is 1. The van der Waals surface area contributed by atoms with E-state index in [0.717, 1.165) is 28.3 Å². The van der Waals surface area contributed by atoms with Crippen LogP contribution in [-0.2, 0) is 0 Å². The van der Waals surface area contributed by atoms with Gasteiger partial charge in [0, 0.05) is 35.8 Å². The summed E-state index contributed by atoms with van der Waals surface area (Å²) in [5, 5.41) is 7.86. The van der Waals surface area contributed by atoms with Crippen molar-refractivity contribution in [3.05, 3.63) is 66.5 Å². The van der Waals surface area contributed by atoms with Gasteiger partial charge in [-0.25, -0.2) is 9.67 Å². The Labute approximate surface area is 180 Å². The number of benzene rings is 2. The van der Waals surface area contributed by atoms with Gasteiger partial charge in [-0.15, -0.1) is 0 Å². The molecule has 0 radical (unpaired) electrons. The molecule has 0 aliphatic rings. The maximum atomic E-state index is 5.42. The molecule has 0 atom stereocenters. The smallest absolute Gasteiger partial charge is 0.229 e. The van der Waals surface area contributed by atoms with Crippen molar-refractivity contribution in [3.8, 4) is 34.3 Å². The molecular formula is C23H23N5O3. The molecule has 8 heteroatoms. The fraction of sp³-hybridized carbons (Fsp3) is 0.174. The summed E-state index contributed by atoms with van der Waals surface area (Å²) in [6, 6.07) is 15.3. The largest absolute Gasteiger partial charge is 0.497 e. The molecule has 31 heavy (non-hydrogen) atoms. The first-order valence-corrected chi connectivity index (χ1v) is 9.64. The molecule has 0 saturated carbocycles. The molecule has 4 aromatic rings. The average Bonchev–Trinajstić information content (AvgIpc) is 3.29. The van der Waals surface area contributed by atoms with Crippen molar-refractivity contribution in [1.29, 1.82) is 0 Å². The summed E-state index contributed by atoms with van der Waals surface area (Å²) in [7, 11) is 4.87. The maximum absolute atomic E-state index is 5.42. The molecule has 0 aliphatic heterocycles. The first-order valence-electron chi connectivity index (χ1n) is 9.64. The van der Waals surface area contributed by atoms with E-state index >= 15 is 0 Å². The summed E-state index contributed by atoms with van der Waals surface area (Å²) < 4.78 is 17.7. The lowest BCUT2D eigenvalue weighted by Crippen LogP contribution is -2.04. The minimum atomic E-state index is 0.450. The fourth-order valence-corrected chi connectivity index (χ4v) is 3.26. The van der Waals surface area contributed by atoms with Gasteiger partial charge in [-0.1, -0.05) is 0 Å². The van der Waals surface area contributed by atoms with Crippen LogP contribution in [0.25, 0.3) is 17.1 Å². The second-order valence-electron chi connectivity index (χ2n) is 6.77. The number of hydrogen-bond acceptors (Lipinski definition) is 7. The van der Waals surface area contributed by atoms with Gasteiger partial charge in [0.05, 0.1) is 27.0 Å². The molecule has 0 bridgehead atoms. The van der Waals surface area contributed by atoms with Crippen LogP contribution in [-0.4, -0.2) is 41.1 Å². The highest BCUT2D eigenvalue weighted by atomic mass is 16.5. The highest BCUT2D eigenvalue weighted by molar-refractivity contribution is 5.63. The van der Waals surface area contributed by atoms with Crippen molar-refractivity contribution in [1.82, 2.24) is 19.7 Å². The van der Waals surface area contributed by atoms with Crippen LogP contribution in [0.2, 0.25) is 0 Å². The quantitative estimate of drug-likeness (QED) is 0.477. The third-order valence-corrected chi connectivity index (χ3v) is 4.77. The normalized spacial score (nSPS) is 10.6. The van der Waals surface area contributed by atoms with E-state index in [1.807, 2.05) is 55.6 Å². The lowest BCUT2D eigenvalue weighted by Gasteiger charge is -2.13. The average molecular weight is 417 g/mol. The van der Waals surface area contributed by atoms with Crippen LogP contribution in [0, 0.1) is 6.92 Å². The van der Waals surface area contributed by atoms with Gasteiger partial charge in [-0.3, -0.25) is 0 Å². The van der Waals surface area contributed by atoms with Crippen LogP contribution >= 0.6 is 0 Å². The Balaban J connectivity index is 1.58. The number of methoxy groups -OCH3 is 3. The molecule has 0 amide bonds. The Bertz CT molecular complexity index is 1190. The summed E-state index contributed by atoms with van der Waals surface area (Å²) in [4.78, 5) is 8.91. The van der Waals surface area contributed by atoms with E-state index < -0.39 is 0 Å². The standard InChI is InChI=1S/C23H23N5O3/c1-15-13-17(14-20(30-3)22(15)31-4)25-23-24-11-9-21(26-23)28-12-10-19(27-28)16-5-7-18(29-2)8-6-16/h5-14H,1-4H3,(H,24,25,26). The summed E-state index contributed by atoms with van der Waals surface area (Å²) in [6.45, 7) is 1.95. The van der Waals surface area contributed by atoms with E-state index in [0.29, 0.717) is 23.3 Å². The number of hydrogen-bond donors (Lipinski definition) is 1. The van der Waals surface area contributed by atoms with E-state index in [1.54, 1.807) is 38.3 Å². The lowest BCUT2D eigenvalue weighted by molar-refractivity contribution is 0.353. The van der Waals surface area contributed by atoms with Crippen LogP contribution in [0.5, 0.6) is 17.2 Å². The summed E-state index contributed by atoms with van der Waals surface area (Å²) in [6.07, 6.45) is 3.55. The second-order valence-corrected chi connectivity index (χ2v) is 6.77. The third-order valence-electron chi connectivity index (χ3n) is 4.77. The number of ether oxygens (including phenoxy) is 3. The zero-order valence-corrected chi connectivity index (χ0v) is 17.8. The first kappa shape index (κ1) is 20.2. The zero-order valence-electron chi connectivity index (χ0n) is 17.8. The minimum absolute atomic E-state index is 0.450. The molecule has 0 unspecified atom stereocenters.